The SMILES string of the molecule is CC(C)(C)c1cc(N2C=CN(c3[c-]c(Oc4[c-]c5c(cc4)c4cc(C(C)(C)C)ccc4n5-c4cc(C(C)(C)C)ccn4)cc(-c4ccccc4)c3)[CH-]2)cc(C(C)(C)C)c1.[Pt]. The van der Waals surface area contributed by atoms with Crippen molar-refractivity contribution in [3.05, 3.63) is 163 Å². The molecule has 0 amide bonds. The van der Waals surface area contributed by atoms with Crippen molar-refractivity contribution in [2.24, 2.45) is 0 Å². The Morgan fingerprint density at radius 2 is 1.17 bits per heavy atom. The van der Waals surface area contributed by atoms with Crippen LogP contribution in [-0.2, 0) is 42.7 Å². The van der Waals surface area contributed by atoms with Crippen molar-refractivity contribution in [3.8, 4) is 28.4 Å². The van der Waals surface area contributed by atoms with Crippen molar-refractivity contribution in [1.29, 1.82) is 0 Å². The summed E-state index contributed by atoms with van der Waals surface area (Å²) >= 11 is 0. The van der Waals surface area contributed by atoms with Gasteiger partial charge in [-0.15, -0.1) is 53.6 Å². The van der Waals surface area contributed by atoms with E-state index in [1.54, 1.807) is 0 Å². The van der Waals surface area contributed by atoms with Crippen molar-refractivity contribution < 1.29 is 25.8 Å². The van der Waals surface area contributed by atoms with Crippen LogP contribution in [0, 0.1) is 18.8 Å². The molecule has 0 spiro atoms. The molecule has 0 aliphatic carbocycles. The van der Waals surface area contributed by atoms with Gasteiger partial charge in [0.1, 0.15) is 5.82 Å². The summed E-state index contributed by atoms with van der Waals surface area (Å²) in [7, 11) is 0. The molecule has 0 bridgehead atoms. The molecule has 0 saturated carbocycles. The van der Waals surface area contributed by atoms with Gasteiger partial charge in [0.2, 0.25) is 0 Å². The molecule has 312 valence electrons. The minimum Gasteiger partial charge on any atom is -0.509 e. The first-order chi connectivity index (χ1) is 27.7. The van der Waals surface area contributed by atoms with Crippen LogP contribution in [0.25, 0.3) is 38.8 Å². The van der Waals surface area contributed by atoms with E-state index in [9.17, 15) is 0 Å². The first-order valence-corrected chi connectivity index (χ1v) is 20.8. The molecule has 0 radical (unpaired) electrons. The number of nitrogens with zero attached hydrogens (tertiary/aromatic N) is 4. The summed E-state index contributed by atoms with van der Waals surface area (Å²) in [6.07, 6.45) is 6.12. The second-order valence-electron chi connectivity index (χ2n) is 20.1. The smallest absolute Gasteiger partial charge is 0.135 e. The minimum absolute atomic E-state index is 0. The average Bonchev–Trinajstić information content (AvgIpc) is 3.80. The van der Waals surface area contributed by atoms with Crippen molar-refractivity contribution in [2.75, 3.05) is 9.80 Å². The van der Waals surface area contributed by atoms with E-state index < -0.39 is 0 Å². The summed E-state index contributed by atoms with van der Waals surface area (Å²) in [6, 6.07) is 44.3. The Balaban J connectivity index is 0.00000544. The molecule has 0 atom stereocenters. The number of anilines is 2. The monoisotopic (exact) mass is 972 g/mol. The van der Waals surface area contributed by atoms with E-state index in [1.807, 2.05) is 18.3 Å². The Bertz CT molecular complexity index is 2680. The van der Waals surface area contributed by atoms with E-state index in [-0.39, 0.29) is 42.7 Å². The molecular formula is C54H57N4OPt-3. The van der Waals surface area contributed by atoms with Gasteiger partial charge in [0.05, 0.1) is 0 Å². The van der Waals surface area contributed by atoms with Crippen LogP contribution in [0.5, 0.6) is 11.5 Å². The maximum Gasteiger partial charge on any atom is 0.135 e. The molecule has 1 aliphatic heterocycles. The third-order valence-corrected chi connectivity index (χ3v) is 11.4. The van der Waals surface area contributed by atoms with Crippen LogP contribution in [0.15, 0.2) is 122 Å². The first-order valence-electron chi connectivity index (χ1n) is 20.8. The van der Waals surface area contributed by atoms with Gasteiger partial charge in [0.25, 0.3) is 0 Å². The number of fused-ring (bicyclic) bond motifs is 3. The van der Waals surface area contributed by atoms with E-state index in [4.69, 9.17) is 9.72 Å². The van der Waals surface area contributed by atoms with Crippen LogP contribution in [-0.4, -0.2) is 9.55 Å². The Hall–Kier alpha value is -5.12. The molecule has 5 nitrogen and oxygen atoms in total. The minimum atomic E-state index is -0.0318. The van der Waals surface area contributed by atoms with Gasteiger partial charge in [-0.3, -0.25) is 0 Å². The summed E-state index contributed by atoms with van der Waals surface area (Å²) in [5, 5.41) is 2.27. The molecule has 7 aromatic rings. The molecule has 0 unspecified atom stereocenters. The van der Waals surface area contributed by atoms with Crippen LogP contribution >= 0.6 is 0 Å². The van der Waals surface area contributed by atoms with Crippen molar-refractivity contribution in [1.82, 2.24) is 9.55 Å². The molecule has 3 heterocycles. The number of ether oxygens (including phenoxy) is 1. The Morgan fingerprint density at radius 3 is 1.82 bits per heavy atom. The van der Waals surface area contributed by atoms with E-state index in [1.165, 1.54) is 27.6 Å². The van der Waals surface area contributed by atoms with E-state index in [0.717, 1.165) is 44.7 Å². The number of hydrogen-bond acceptors (Lipinski definition) is 4. The molecule has 2 aromatic heterocycles. The maximum atomic E-state index is 6.79. The zero-order chi connectivity index (χ0) is 42.1. The summed E-state index contributed by atoms with van der Waals surface area (Å²) in [5.74, 6) is 2.07. The molecule has 6 heteroatoms. The fraction of sp³-hybridized carbons (Fsp3) is 0.296. The molecule has 8 rings (SSSR count). The molecule has 0 fully saturated rings. The maximum absolute atomic E-state index is 6.79. The predicted octanol–water partition coefficient (Wildman–Crippen LogP) is 14.3. The summed E-state index contributed by atoms with van der Waals surface area (Å²) in [5.41, 5.74) is 11.3. The predicted molar refractivity (Wildman–Crippen MR) is 248 cm³/mol. The quantitative estimate of drug-likeness (QED) is 0.156. The van der Waals surface area contributed by atoms with E-state index in [0.29, 0.717) is 11.5 Å². The van der Waals surface area contributed by atoms with Crippen LogP contribution in [0.4, 0.5) is 11.4 Å². The van der Waals surface area contributed by atoms with Crippen LogP contribution in [0.3, 0.4) is 0 Å². The van der Waals surface area contributed by atoms with Crippen molar-refractivity contribution in [3.63, 3.8) is 0 Å². The average molecular weight is 973 g/mol. The number of hydrogen-bond donors (Lipinski definition) is 0. The summed E-state index contributed by atoms with van der Waals surface area (Å²) in [4.78, 5) is 9.23. The summed E-state index contributed by atoms with van der Waals surface area (Å²) < 4.78 is 9.02. The van der Waals surface area contributed by atoms with Gasteiger partial charge >= 0.3 is 0 Å². The largest absolute Gasteiger partial charge is 0.509 e. The fourth-order valence-corrected chi connectivity index (χ4v) is 7.61. The topological polar surface area (TPSA) is 33.5 Å². The number of pyridine rings is 1. The van der Waals surface area contributed by atoms with E-state index in [2.05, 4.69) is 220 Å². The van der Waals surface area contributed by atoms with Gasteiger partial charge in [0, 0.05) is 50.0 Å². The van der Waals surface area contributed by atoms with Crippen molar-refractivity contribution >= 4 is 33.2 Å². The molecule has 1 aliphatic rings. The molecular weight excluding hydrogens is 916 g/mol. The van der Waals surface area contributed by atoms with Gasteiger partial charge in [-0.05, 0) is 97.6 Å². The first kappa shape index (κ1) is 43.0. The Kier molecular flexibility index (Phi) is 11.3. The van der Waals surface area contributed by atoms with Crippen molar-refractivity contribution in [2.45, 2.75) is 105 Å². The molecule has 0 saturated heterocycles. The van der Waals surface area contributed by atoms with Gasteiger partial charge in [-0.2, -0.15) is 6.07 Å². The summed E-state index contributed by atoms with van der Waals surface area (Å²) in [6.45, 7) is 29.3. The van der Waals surface area contributed by atoms with Crippen LogP contribution < -0.4 is 14.5 Å². The second kappa shape index (κ2) is 15.7. The molecule has 5 aromatic carbocycles. The van der Waals surface area contributed by atoms with E-state index >= 15 is 0 Å². The fourth-order valence-electron chi connectivity index (χ4n) is 7.61. The van der Waals surface area contributed by atoms with Gasteiger partial charge in [-0.25, -0.2) is 4.98 Å². The zero-order valence-corrected chi connectivity index (χ0v) is 39.4. The van der Waals surface area contributed by atoms with Gasteiger partial charge in [-0.1, -0.05) is 137 Å². The number of benzene rings is 5. The third-order valence-electron chi connectivity index (χ3n) is 11.4. The van der Waals surface area contributed by atoms with Gasteiger partial charge in [0.15, 0.2) is 0 Å². The standard InChI is InChI=1S/C54H57N4O.Pt/c1-51(2,3)38-18-21-48-47(31-38)46-20-19-44(34-49(46)58(48)50-32-39(22-23-55-50)52(4,5)6)59-45-27-37(36-16-14-13-15-17-36)26-42(33-45)56-24-25-57(35-56)43-29-40(53(7,8)9)28-41(30-43)54(10,11)12;/h13-32,35H,1-12H3;/q-3;. The third kappa shape index (κ3) is 8.70. The number of aromatic nitrogens is 2. The molecule has 0 N–H and O–H groups in total. The second-order valence-corrected chi connectivity index (χ2v) is 20.1. The van der Waals surface area contributed by atoms with Gasteiger partial charge < -0.3 is 19.1 Å². The van der Waals surface area contributed by atoms with Crippen LogP contribution in [0.2, 0.25) is 0 Å². The zero-order valence-electron chi connectivity index (χ0n) is 37.1. The van der Waals surface area contributed by atoms with Crippen LogP contribution in [0.1, 0.15) is 105 Å². The number of rotatable bonds is 6. The molecule has 60 heavy (non-hydrogen) atoms. The Morgan fingerprint density at radius 1 is 0.533 bits per heavy atom. The Labute approximate surface area is 372 Å². The normalized spacial score (nSPS) is 13.7.